The predicted molar refractivity (Wildman–Crippen MR) is 86.5 cm³/mol. The van der Waals surface area contributed by atoms with Crippen molar-refractivity contribution in [1.29, 1.82) is 0 Å². The smallest absolute Gasteiger partial charge is 0.338 e. The van der Waals surface area contributed by atoms with Crippen molar-refractivity contribution in [3.05, 3.63) is 54.0 Å². The molecule has 2 aromatic heterocycles. The van der Waals surface area contributed by atoms with Gasteiger partial charge in [0, 0.05) is 29.6 Å². The fourth-order valence-corrected chi connectivity index (χ4v) is 2.73. The normalized spacial score (nSPS) is 14.1. The minimum absolute atomic E-state index is 0.107. The Balaban J connectivity index is 1.61. The number of benzene rings is 1. The molecular weight excluding hydrogens is 292 g/mol. The first-order valence-electron chi connectivity index (χ1n) is 7.59. The van der Waals surface area contributed by atoms with E-state index >= 15 is 0 Å². The number of hydrogen-bond acceptors (Lipinski definition) is 4. The molecule has 1 aliphatic rings. The average molecular weight is 308 g/mol. The molecule has 3 aromatic rings. The summed E-state index contributed by atoms with van der Waals surface area (Å²) < 4.78 is 0. The van der Waals surface area contributed by atoms with Crippen molar-refractivity contribution in [3.63, 3.8) is 0 Å². The maximum absolute atomic E-state index is 10.9. The van der Waals surface area contributed by atoms with E-state index in [1.54, 1.807) is 0 Å². The van der Waals surface area contributed by atoms with Gasteiger partial charge in [-0.15, -0.1) is 0 Å². The Morgan fingerprint density at radius 1 is 1.26 bits per heavy atom. The molecule has 0 radical (unpaired) electrons. The highest BCUT2D eigenvalue weighted by Crippen LogP contribution is 2.31. The molecule has 1 saturated carbocycles. The van der Waals surface area contributed by atoms with Crippen LogP contribution in [0.3, 0.4) is 0 Å². The lowest BCUT2D eigenvalue weighted by atomic mass is 10.2. The molecule has 2 heterocycles. The van der Waals surface area contributed by atoms with Crippen molar-refractivity contribution in [2.45, 2.75) is 25.4 Å². The van der Waals surface area contributed by atoms with Crippen LogP contribution in [0.25, 0.3) is 10.9 Å². The highest BCUT2D eigenvalue weighted by Gasteiger charge is 2.31. The van der Waals surface area contributed by atoms with E-state index in [1.165, 1.54) is 17.8 Å². The number of carboxylic acid groups (broad SMARTS) is 1. The van der Waals surface area contributed by atoms with Crippen molar-refractivity contribution in [3.8, 4) is 0 Å². The van der Waals surface area contributed by atoms with Gasteiger partial charge in [0.25, 0.3) is 0 Å². The Bertz CT molecular complexity index is 819. The third-order valence-corrected chi connectivity index (χ3v) is 4.06. The summed E-state index contributed by atoms with van der Waals surface area (Å²) in [4.78, 5) is 24.9. The van der Waals surface area contributed by atoms with E-state index < -0.39 is 5.97 Å². The number of fused-ring (bicyclic) bond motifs is 1. The summed E-state index contributed by atoms with van der Waals surface area (Å²) >= 11 is 0. The number of aromatic carboxylic acids is 1. The second-order valence-electron chi connectivity index (χ2n) is 5.82. The standard InChI is InChI=1S/C17H16N4O2/c22-16(23)12-8-18-17(19-9-12)21(14-5-6-14)10-13-7-11-3-1-2-4-15(11)20-13/h1-4,7-9,14,20H,5-6,10H2,(H,22,23). The Kier molecular flexibility index (Phi) is 3.22. The minimum Gasteiger partial charge on any atom is -0.478 e. The summed E-state index contributed by atoms with van der Waals surface area (Å²) in [6, 6.07) is 10.7. The molecule has 0 atom stereocenters. The lowest BCUT2D eigenvalue weighted by molar-refractivity contribution is 0.0696. The van der Waals surface area contributed by atoms with Gasteiger partial charge in [-0.1, -0.05) is 18.2 Å². The Hall–Kier alpha value is -2.89. The SMILES string of the molecule is O=C(O)c1cnc(N(Cc2cc3ccccc3[nH]2)C2CC2)nc1. The van der Waals surface area contributed by atoms with Gasteiger partial charge in [-0.25, -0.2) is 14.8 Å². The van der Waals surface area contributed by atoms with Crippen LogP contribution in [0.4, 0.5) is 5.95 Å². The molecule has 2 N–H and O–H groups in total. The van der Waals surface area contributed by atoms with E-state index in [0.717, 1.165) is 24.1 Å². The number of hydrogen-bond donors (Lipinski definition) is 2. The number of anilines is 1. The topological polar surface area (TPSA) is 82.1 Å². The summed E-state index contributed by atoms with van der Waals surface area (Å²) in [5.74, 6) is -0.429. The van der Waals surface area contributed by atoms with Crippen LogP contribution < -0.4 is 4.90 Å². The van der Waals surface area contributed by atoms with E-state index in [0.29, 0.717) is 18.5 Å². The number of aromatic nitrogens is 3. The monoisotopic (exact) mass is 308 g/mol. The van der Waals surface area contributed by atoms with Gasteiger partial charge in [0.2, 0.25) is 5.95 Å². The van der Waals surface area contributed by atoms with Crippen LogP contribution >= 0.6 is 0 Å². The van der Waals surface area contributed by atoms with Gasteiger partial charge in [0.05, 0.1) is 12.1 Å². The van der Waals surface area contributed by atoms with E-state index in [1.807, 2.05) is 12.1 Å². The Morgan fingerprint density at radius 2 is 2.00 bits per heavy atom. The highest BCUT2D eigenvalue weighted by atomic mass is 16.4. The summed E-state index contributed by atoms with van der Waals surface area (Å²) in [5.41, 5.74) is 2.32. The molecule has 0 aliphatic heterocycles. The van der Waals surface area contributed by atoms with E-state index in [9.17, 15) is 4.79 Å². The molecule has 116 valence electrons. The number of nitrogens with one attached hydrogen (secondary N) is 1. The number of carboxylic acids is 1. The molecule has 0 unspecified atom stereocenters. The zero-order valence-electron chi connectivity index (χ0n) is 12.4. The number of nitrogens with zero attached hydrogens (tertiary/aromatic N) is 3. The van der Waals surface area contributed by atoms with E-state index in [-0.39, 0.29) is 5.56 Å². The van der Waals surface area contributed by atoms with Crippen molar-refractivity contribution in [2.75, 3.05) is 4.90 Å². The highest BCUT2D eigenvalue weighted by molar-refractivity contribution is 5.86. The van der Waals surface area contributed by atoms with Crippen molar-refractivity contribution < 1.29 is 9.90 Å². The van der Waals surface area contributed by atoms with Gasteiger partial charge in [0.1, 0.15) is 0 Å². The number of carbonyl (C=O) groups is 1. The first kappa shape index (κ1) is 13.8. The van der Waals surface area contributed by atoms with Crippen LogP contribution in [0, 0.1) is 0 Å². The van der Waals surface area contributed by atoms with Gasteiger partial charge >= 0.3 is 5.97 Å². The van der Waals surface area contributed by atoms with Gasteiger partial charge in [0.15, 0.2) is 0 Å². The molecule has 0 bridgehead atoms. The maximum atomic E-state index is 10.9. The lowest BCUT2D eigenvalue weighted by Gasteiger charge is -2.21. The lowest BCUT2D eigenvalue weighted by Crippen LogP contribution is -2.27. The zero-order valence-corrected chi connectivity index (χ0v) is 12.4. The molecule has 4 rings (SSSR count). The summed E-state index contributed by atoms with van der Waals surface area (Å²) in [7, 11) is 0. The summed E-state index contributed by atoms with van der Waals surface area (Å²) in [5, 5.41) is 10.1. The first-order valence-corrected chi connectivity index (χ1v) is 7.59. The maximum Gasteiger partial charge on any atom is 0.338 e. The van der Waals surface area contributed by atoms with E-state index in [2.05, 4.69) is 38.1 Å². The number of H-pyrrole nitrogens is 1. The fraction of sp³-hybridized carbons (Fsp3) is 0.235. The van der Waals surface area contributed by atoms with Crippen LogP contribution in [-0.4, -0.2) is 32.1 Å². The molecule has 23 heavy (non-hydrogen) atoms. The molecule has 1 fully saturated rings. The second-order valence-corrected chi connectivity index (χ2v) is 5.82. The molecule has 6 heteroatoms. The Morgan fingerprint density at radius 3 is 2.65 bits per heavy atom. The number of rotatable bonds is 5. The molecule has 0 saturated heterocycles. The predicted octanol–water partition coefficient (Wildman–Crippen LogP) is 2.83. The van der Waals surface area contributed by atoms with Gasteiger partial charge in [-0.2, -0.15) is 0 Å². The van der Waals surface area contributed by atoms with Gasteiger partial charge < -0.3 is 15.0 Å². The molecular formula is C17H16N4O2. The molecule has 1 aromatic carbocycles. The van der Waals surface area contributed by atoms with Crippen LogP contribution in [0.15, 0.2) is 42.7 Å². The average Bonchev–Trinajstić information content (AvgIpc) is 3.32. The van der Waals surface area contributed by atoms with Crippen LogP contribution in [0.5, 0.6) is 0 Å². The van der Waals surface area contributed by atoms with E-state index in [4.69, 9.17) is 5.11 Å². The van der Waals surface area contributed by atoms with Gasteiger partial charge in [-0.05, 0) is 30.4 Å². The molecule has 0 amide bonds. The quantitative estimate of drug-likeness (QED) is 0.757. The van der Waals surface area contributed by atoms with Crippen molar-refractivity contribution in [2.24, 2.45) is 0 Å². The van der Waals surface area contributed by atoms with Crippen LogP contribution in [0.1, 0.15) is 28.9 Å². The van der Waals surface area contributed by atoms with Crippen molar-refractivity contribution in [1.82, 2.24) is 15.0 Å². The number of aromatic amines is 1. The van der Waals surface area contributed by atoms with Crippen LogP contribution in [0.2, 0.25) is 0 Å². The summed E-state index contributed by atoms with van der Waals surface area (Å²) in [6.07, 6.45) is 4.96. The third-order valence-electron chi connectivity index (χ3n) is 4.06. The fourth-order valence-electron chi connectivity index (χ4n) is 2.73. The second kappa shape index (κ2) is 5.39. The summed E-state index contributed by atoms with van der Waals surface area (Å²) in [6.45, 7) is 0.686. The van der Waals surface area contributed by atoms with Crippen LogP contribution in [-0.2, 0) is 6.54 Å². The minimum atomic E-state index is -1.01. The van der Waals surface area contributed by atoms with Crippen molar-refractivity contribution >= 4 is 22.8 Å². The number of para-hydroxylation sites is 1. The zero-order chi connectivity index (χ0) is 15.8. The Labute approximate surface area is 132 Å². The van der Waals surface area contributed by atoms with Gasteiger partial charge in [-0.3, -0.25) is 0 Å². The largest absolute Gasteiger partial charge is 0.478 e. The molecule has 6 nitrogen and oxygen atoms in total. The first-order chi connectivity index (χ1) is 11.2. The molecule has 0 spiro atoms. The third kappa shape index (κ3) is 2.75. The molecule has 1 aliphatic carbocycles.